The van der Waals surface area contributed by atoms with Gasteiger partial charge in [0.1, 0.15) is 0 Å². The van der Waals surface area contributed by atoms with E-state index in [2.05, 4.69) is 26.0 Å². The molecule has 1 amide bonds. The van der Waals surface area contributed by atoms with E-state index in [1.807, 2.05) is 43.3 Å². The summed E-state index contributed by atoms with van der Waals surface area (Å²) in [4.78, 5) is 13.5. The van der Waals surface area contributed by atoms with Crippen LogP contribution < -0.4 is 10.0 Å². The summed E-state index contributed by atoms with van der Waals surface area (Å²) in [7, 11) is -3.43. The van der Waals surface area contributed by atoms with E-state index in [4.69, 9.17) is 0 Å². The zero-order valence-corrected chi connectivity index (χ0v) is 19.3. The highest BCUT2D eigenvalue weighted by atomic mass is 79.9. The van der Waals surface area contributed by atoms with Gasteiger partial charge in [-0.3, -0.25) is 4.79 Å². The van der Waals surface area contributed by atoms with Crippen molar-refractivity contribution in [2.75, 3.05) is 0 Å². The molecule has 2 aromatic carbocycles. The van der Waals surface area contributed by atoms with E-state index in [9.17, 15) is 13.2 Å². The lowest BCUT2D eigenvalue weighted by atomic mass is 10.1. The van der Waals surface area contributed by atoms with Crippen molar-refractivity contribution in [1.29, 1.82) is 0 Å². The smallest absolute Gasteiger partial charge is 0.233 e. The van der Waals surface area contributed by atoms with E-state index in [0.29, 0.717) is 5.56 Å². The van der Waals surface area contributed by atoms with Gasteiger partial charge in [-0.15, -0.1) is 11.8 Å². The average Bonchev–Trinajstić information content (AvgIpc) is 2.61. The SMILES string of the molecule is CC(C)NS(=O)(=O)Cc1ccccc1CNC(=O)C(C)Sc1ccc(Br)cc1. The van der Waals surface area contributed by atoms with Crippen LogP contribution >= 0.6 is 27.7 Å². The molecule has 5 nitrogen and oxygen atoms in total. The lowest BCUT2D eigenvalue weighted by molar-refractivity contribution is -0.120. The second kappa shape index (κ2) is 10.4. The maximum atomic E-state index is 12.5. The zero-order chi connectivity index (χ0) is 20.7. The summed E-state index contributed by atoms with van der Waals surface area (Å²) in [6, 6.07) is 14.9. The van der Waals surface area contributed by atoms with E-state index < -0.39 is 10.0 Å². The molecule has 152 valence electrons. The molecule has 0 aromatic heterocycles. The lowest BCUT2D eigenvalue weighted by Crippen LogP contribution is -2.32. The molecule has 0 radical (unpaired) electrons. The van der Waals surface area contributed by atoms with Crippen LogP contribution in [0.2, 0.25) is 0 Å². The molecule has 0 aliphatic carbocycles. The second-order valence-electron chi connectivity index (χ2n) is 6.73. The molecule has 0 saturated heterocycles. The highest BCUT2D eigenvalue weighted by molar-refractivity contribution is 9.10. The Morgan fingerprint density at radius 1 is 1.04 bits per heavy atom. The molecule has 0 aliphatic rings. The Hall–Kier alpha value is -1.35. The summed E-state index contributed by atoms with van der Waals surface area (Å²) in [5.74, 6) is -0.202. The van der Waals surface area contributed by atoms with Crippen LogP contribution in [-0.2, 0) is 27.1 Å². The van der Waals surface area contributed by atoms with Crippen LogP contribution in [0.4, 0.5) is 0 Å². The molecule has 2 rings (SSSR count). The first-order valence-corrected chi connectivity index (χ1v) is 12.3. The molecule has 0 saturated carbocycles. The van der Waals surface area contributed by atoms with Gasteiger partial charge in [-0.1, -0.05) is 40.2 Å². The zero-order valence-electron chi connectivity index (χ0n) is 16.1. The van der Waals surface area contributed by atoms with Crippen LogP contribution in [-0.4, -0.2) is 25.6 Å². The van der Waals surface area contributed by atoms with E-state index in [1.54, 1.807) is 26.0 Å². The Morgan fingerprint density at radius 3 is 2.25 bits per heavy atom. The van der Waals surface area contributed by atoms with E-state index in [1.165, 1.54) is 11.8 Å². The van der Waals surface area contributed by atoms with Crippen molar-refractivity contribution in [3.05, 3.63) is 64.1 Å². The minimum Gasteiger partial charge on any atom is -0.351 e. The summed E-state index contributed by atoms with van der Waals surface area (Å²) < 4.78 is 28.0. The van der Waals surface area contributed by atoms with Gasteiger partial charge >= 0.3 is 0 Å². The van der Waals surface area contributed by atoms with Gasteiger partial charge in [0.05, 0.1) is 11.0 Å². The molecule has 0 spiro atoms. The highest BCUT2D eigenvalue weighted by Crippen LogP contribution is 2.25. The summed E-state index contributed by atoms with van der Waals surface area (Å²) in [6.45, 7) is 5.71. The van der Waals surface area contributed by atoms with E-state index >= 15 is 0 Å². The third-order valence-electron chi connectivity index (χ3n) is 3.83. The van der Waals surface area contributed by atoms with Crippen LogP contribution in [0.3, 0.4) is 0 Å². The minimum atomic E-state index is -3.43. The quantitative estimate of drug-likeness (QED) is 0.525. The Balaban J connectivity index is 1.98. The maximum Gasteiger partial charge on any atom is 0.233 e. The largest absolute Gasteiger partial charge is 0.351 e. The van der Waals surface area contributed by atoms with Crippen molar-refractivity contribution in [3.63, 3.8) is 0 Å². The summed E-state index contributed by atoms with van der Waals surface area (Å²) >= 11 is 4.87. The number of amides is 1. The molecule has 0 heterocycles. The molecule has 8 heteroatoms. The molecule has 0 fully saturated rings. The summed E-state index contributed by atoms with van der Waals surface area (Å²) in [5.41, 5.74) is 1.48. The molecule has 2 aromatic rings. The number of hydrogen-bond acceptors (Lipinski definition) is 4. The van der Waals surface area contributed by atoms with Crippen LogP contribution in [0.25, 0.3) is 0 Å². The predicted octanol–water partition coefficient (Wildman–Crippen LogP) is 4.07. The number of benzene rings is 2. The number of rotatable bonds is 9. The molecule has 1 atom stereocenters. The highest BCUT2D eigenvalue weighted by Gasteiger charge is 2.17. The number of thioether (sulfide) groups is 1. The van der Waals surface area contributed by atoms with Crippen molar-refractivity contribution in [2.24, 2.45) is 0 Å². The van der Waals surface area contributed by atoms with Gasteiger partial charge in [0.15, 0.2) is 0 Å². The topological polar surface area (TPSA) is 75.3 Å². The molecule has 2 N–H and O–H groups in total. The fourth-order valence-electron chi connectivity index (χ4n) is 2.57. The lowest BCUT2D eigenvalue weighted by Gasteiger charge is -2.15. The molecule has 1 unspecified atom stereocenters. The maximum absolute atomic E-state index is 12.5. The first-order valence-electron chi connectivity index (χ1n) is 8.93. The van der Waals surface area contributed by atoms with Crippen LogP contribution in [0, 0.1) is 0 Å². The van der Waals surface area contributed by atoms with Gasteiger partial charge in [0.2, 0.25) is 15.9 Å². The Kier molecular flexibility index (Phi) is 8.55. The van der Waals surface area contributed by atoms with Crippen molar-refractivity contribution in [1.82, 2.24) is 10.0 Å². The normalized spacial score (nSPS) is 12.8. The minimum absolute atomic E-state index is 0.0918. The van der Waals surface area contributed by atoms with Crippen molar-refractivity contribution < 1.29 is 13.2 Å². The van der Waals surface area contributed by atoms with Crippen LogP contribution in [0.15, 0.2) is 57.9 Å². The van der Waals surface area contributed by atoms with E-state index in [-0.39, 0.29) is 29.5 Å². The first-order chi connectivity index (χ1) is 13.2. The van der Waals surface area contributed by atoms with Crippen LogP contribution in [0.5, 0.6) is 0 Å². The standard InChI is InChI=1S/C20H25BrN2O3S2/c1-14(2)23-28(25,26)13-17-7-5-4-6-16(17)12-22-20(24)15(3)27-19-10-8-18(21)9-11-19/h4-11,14-15,23H,12-13H2,1-3H3,(H,22,24). The third-order valence-corrected chi connectivity index (χ3v) is 6.99. The van der Waals surface area contributed by atoms with Crippen LogP contribution in [0.1, 0.15) is 31.9 Å². The number of hydrogen-bond donors (Lipinski definition) is 2. The third kappa shape index (κ3) is 7.58. The van der Waals surface area contributed by atoms with Gasteiger partial charge < -0.3 is 5.32 Å². The first kappa shape index (κ1) is 22.9. The van der Waals surface area contributed by atoms with E-state index in [0.717, 1.165) is 14.9 Å². The fourth-order valence-corrected chi connectivity index (χ4v) is 5.22. The predicted molar refractivity (Wildman–Crippen MR) is 119 cm³/mol. The average molecular weight is 485 g/mol. The number of carbonyl (C=O) groups is 1. The number of nitrogens with one attached hydrogen (secondary N) is 2. The summed E-state index contributed by atoms with van der Waals surface area (Å²) in [5, 5.41) is 2.65. The Bertz CT molecular complexity index is 900. The van der Waals surface area contributed by atoms with Gasteiger partial charge in [-0.05, 0) is 56.2 Å². The number of halogens is 1. The fraction of sp³-hybridized carbons (Fsp3) is 0.350. The van der Waals surface area contributed by atoms with Gasteiger partial charge in [0.25, 0.3) is 0 Å². The Labute approximate surface area is 179 Å². The molecule has 0 bridgehead atoms. The van der Waals surface area contributed by atoms with Gasteiger partial charge in [0, 0.05) is 22.0 Å². The summed E-state index contributed by atoms with van der Waals surface area (Å²) in [6.07, 6.45) is 0. The molecular weight excluding hydrogens is 460 g/mol. The number of carbonyl (C=O) groups excluding carboxylic acids is 1. The molecule has 28 heavy (non-hydrogen) atoms. The van der Waals surface area contributed by atoms with Gasteiger partial charge in [-0.25, -0.2) is 13.1 Å². The van der Waals surface area contributed by atoms with Gasteiger partial charge in [-0.2, -0.15) is 0 Å². The van der Waals surface area contributed by atoms with Crippen molar-refractivity contribution >= 4 is 43.6 Å². The second-order valence-corrected chi connectivity index (χ2v) is 10.8. The van der Waals surface area contributed by atoms with Crippen molar-refractivity contribution in [3.8, 4) is 0 Å². The van der Waals surface area contributed by atoms with Crippen molar-refractivity contribution in [2.45, 2.75) is 49.3 Å². The molecular formula is C20H25BrN2O3S2. The number of sulfonamides is 1. The monoisotopic (exact) mass is 484 g/mol. The molecule has 0 aliphatic heterocycles. The Morgan fingerprint density at radius 2 is 1.64 bits per heavy atom.